The van der Waals surface area contributed by atoms with Crippen LogP contribution in [0.15, 0.2) is 0 Å². The predicted molar refractivity (Wildman–Crippen MR) is 242 cm³/mol. The fourth-order valence-electron chi connectivity index (χ4n) is 2.84. The molecule has 0 fully saturated rings. The van der Waals surface area contributed by atoms with Gasteiger partial charge in [-0.2, -0.15) is 0 Å². The zero-order valence-electron chi connectivity index (χ0n) is 40.8. The minimum absolute atomic E-state index is 0.127. The molecular formula is C42H93N7O10. The summed E-state index contributed by atoms with van der Waals surface area (Å²) in [5.41, 5.74) is 0. The van der Waals surface area contributed by atoms with E-state index in [2.05, 4.69) is 69.6 Å². The zero-order valence-corrected chi connectivity index (χ0v) is 40.8. The van der Waals surface area contributed by atoms with Gasteiger partial charge in [0, 0.05) is 71.7 Å². The molecular weight excluding hydrogens is 763 g/mol. The molecule has 6 amide bonds. The van der Waals surface area contributed by atoms with Crippen LogP contribution >= 0.6 is 0 Å². The fraction of sp³-hybridized carbons (Fsp3) is 0.833. The van der Waals surface area contributed by atoms with Gasteiger partial charge in [0.15, 0.2) is 6.10 Å². The van der Waals surface area contributed by atoms with Crippen molar-refractivity contribution in [1.29, 1.82) is 0 Å². The standard InChI is InChI=1S/C8H16N2O3.C8H16N2O2.C5H11NO2.C5H11NO.C5H10O.C4H11N.C4H10O.C3H8/c1-4-9-7(11)6(3)13-8(12)10-5-2;1-4-9-7(11)6(3)8(12)10-5-2;1-3-6-5(7)8-4-2;1-3-5(7)6-4-2;1-3-5(6)4-2;2*1-3-5-4-2;1-3-2/h6H,4-5H2,1-3H3,(H,9,11)(H,10,12);6H,4-5H2,1-3H3,(H,9,11)(H,10,12);3-4H2,1-2H3,(H,6,7);3-4H2,1-2H3,(H,6,7);3-4H2,1-2H3;5H,3-4H2,1-2H3;3-4H2,1-2H3;3H2,1-2H3. The first-order valence-corrected chi connectivity index (χ1v) is 21.7. The number of hydrogen-bond acceptors (Lipinski definition) is 11. The highest BCUT2D eigenvalue weighted by Crippen LogP contribution is 1.94. The van der Waals surface area contributed by atoms with E-state index in [1.54, 1.807) is 27.7 Å². The summed E-state index contributed by atoms with van der Waals surface area (Å²) in [6.07, 6.45) is 1.57. The van der Waals surface area contributed by atoms with Crippen LogP contribution in [0, 0.1) is 5.92 Å². The maximum Gasteiger partial charge on any atom is 0.407 e. The second-order valence-corrected chi connectivity index (χ2v) is 11.2. The van der Waals surface area contributed by atoms with Crippen molar-refractivity contribution in [1.82, 2.24) is 37.2 Å². The molecule has 0 aromatic rings. The summed E-state index contributed by atoms with van der Waals surface area (Å²) < 4.78 is 14.1. The van der Waals surface area contributed by atoms with Crippen molar-refractivity contribution in [3.05, 3.63) is 0 Å². The lowest BCUT2D eigenvalue weighted by Gasteiger charge is -2.12. The predicted octanol–water partition coefficient (Wildman–Crippen LogP) is 5.89. The van der Waals surface area contributed by atoms with Crippen LogP contribution in [0.1, 0.15) is 150 Å². The molecule has 0 radical (unpaired) electrons. The van der Waals surface area contributed by atoms with Crippen molar-refractivity contribution >= 4 is 41.6 Å². The normalized spacial score (nSPS) is 9.20. The van der Waals surface area contributed by atoms with Gasteiger partial charge in [-0.3, -0.25) is 24.0 Å². The second-order valence-electron chi connectivity index (χ2n) is 11.2. The molecule has 0 bridgehead atoms. The number of nitrogens with one attached hydrogen (secondary N) is 7. The summed E-state index contributed by atoms with van der Waals surface area (Å²) in [5.74, 6) is -0.844. The number of hydrogen-bond donors (Lipinski definition) is 7. The SMILES string of the molecule is CCC.CCC(=O)CC.CCNC(=O)C(C)C(=O)NCC.CCNC(=O)CC.CCNC(=O)OC(C)C(=O)NCC.CCNC(=O)OCC.CCNCC.CCOCC. The highest BCUT2D eigenvalue weighted by Gasteiger charge is 2.19. The summed E-state index contributed by atoms with van der Waals surface area (Å²) in [6.45, 7) is 41.7. The van der Waals surface area contributed by atoms with Crippen molar-refractivity contribution < 1.29 is 47.8 Å². The molecule has 0 aliphatic carbocycles. The van der Waals surface area contributed by atoms with E-state index in [4.69, 9.17) is 9.47 Å². The monoisotopic (exact) mass is 856 g/mol. The number of amides is 6. The van der Waals surface area contributed by atoms with Gasteiger partial charge in [-0.1, -0.05) is 54.9 Å². The van der Waals surface area contributed by atoms with Crippen LogP contribution in [0.3, 0.4) is 0 Å². The molecule has 0 heterocycles. The topological polar surface area (TPSA) is 231 Å². The van der Waals surface area contributed by atoms with Gasteiger partial charge in [-0.05, 0) is 89.3 Å². The lowest BCUT2D eigenvalue weighted by Crippen LogP contribution is -2.39. The number of likely N-dealkylation sites (N-methyl/N-ethyl adjacent to an activating group) is 1. The van der Waals surface area contributed by atoms with Crippen molar-refractivity contribution in [3.63, 3.8) is 0 Å². The molecule has 0 saturated carbocycles. The largest absolute Gasteiger partial charge is 0.450 e. The number of carbonyl (C=O) groups excluding carboxylic acids is 7. The van der Waals surface area contributed by atoms with E-state index in [1.807, 2.05) is 62.3 Å². The maximum absolute atomic E-state index is 11.1. The second kappa shape index (κ2) is 65.8. The molecule has 356 valence electrons. The number of carbonyl (C=O) groups is 7. The third kappa shape index (κ3) is 79.0. The molecule has 0 aromatic carbocycles. The van der Waals surface area contributed by atoms with Crippen LogP contribution in [0.25, 0.3) is 0 Å². The lowest BCUT2D eigenvalue weighted by atomic mass is 10.1. The Bertz CT molecular complexity index is 901. The van der Waals surface area contributed by atoms with Gasteiger partial charge < -0.3 is 51.4 Å². The average Bonchev–Trinajstić information content (AvgIpc) is 3.20. The van der Waals surface area contributed by atoms with Crippen molar-refractivity contribution in [3.8, 4) is 0 Å². The number of alkyl carbamates (subject to hydrolysis) is 2. The van der Waals surface area contributed by atoms with Gasteiger partial charge in [0.2, 0.25) is 17.7 Å². The summed E-state index contributed by atoms with van der Waals surface area (Å²) in [7, 11) is 0. The average molecular weight is 856 g/mol. The molecule has 17 heteroatoms. The van der Waals surface area contributed by atoms with Gasteiger partial charge in [-0.25, -0.2) is 9.59 Å². The first-order chi connectivity index (χ1) is 27.9. The molecule has 0 saturated heterocycles. The van der Waals surface area contributed by atoms with E-state index in [9.17, 15) is 33.6 Å². The fourth-order valence-corrected chi connectivity index (χ4v) is 2.84. The summed E-state index contributed by atoms with van der Waals surface area (Å²) in [6, 6.07) is 0. The molecule has 0 aliphatic heterocycles. The maximum atomic E-state index is 11.1. The van der Waals surface area contributed by atoms with Gasteiger partial charge in [0.05, 0.1) is 6.61 Å². The van der Waals surface area contributed by atoms with E-state index in [-0.39, 0.29) is 29.7 Å². The number of ether oxygens (including phenoxy) is 3. The van der Waals surface area contributed by atoms with Gasteiger partial charge in [0.25, 0.3) is 5.91 Å². The number of rotatable bonds is 18. The highest BCUT2D eigenvalue weighted by atomic mass is 16.6. The smallest absolute Gasteiger partial charge is 0.407 e. The van der Waals surface area contributed by atoms with Crippen LogP contribution in [0.2, 0.25) is 0 Å². The summed E-state index contributed by atoms with van der Waals surface area (Å²) in [5, 5.41) is 18.4. The van der Waals surface area contributed by atoms with Crippen LogP contribution in [-0.4, -0.2) is 120 Å². The number of Topliss-reactive ketones (excluding diaryl/α,β-unsaturated/α-hetero) is 1. The third-order valence-electron chi connectivity index (χ3n) is 5.80. The van der Waals surface area contributed by atoms with E-state index in [0.29, 0.717) is 64.4 Å². The van der Waals surface area contributed by atoms with Crippen molar-refractivity contribution in [2.45, 2.75) is 156 Å². The van der Waals surface area contributed by atoms with E-state index in [1.165, 1.54) is 13.3 Å². The lowest BCUT2D eigenvalue weighted by molar-refractivity contribution is -0.134. The molecule has 1 atom stereocenters. The van der Waals surface area contributed by atoms with Crippen LogP contribution in [0.5, 0.6) is 0 Å². The Balaban J connectivity index is -0.0000000872. The minimum atomic E-state index is -0.744. The highest BCUT2D eigenvalue weighted by molar-refractivity contribution is 5.99. The molecule has 7 N–H and O–H groups in total. The molecule has 0 spiro atoms. The molecule has 0 aromatic heterocycles. The quantitative estimate of drug-likeness (QED) is 0.0804. The Kier molecular flexibility index (Phi) is 81.0. The Hall–Kier alpha value is -3.99. The third-order valence-corrected chi connectivity index (χ3v) is 5.80. The van der Waals surface area contributed by atoms with Gasteiger partial charge >= 0.3 is 12.2 Å². The molecule has 17 nitrogen and oxygen atoms in total. The Morgan fingerprint density at radius 3 is 1.00 bits per heavy atom. The summed E-state index contributed by atoms with van der Waals surface area (Å²) >= 11 is 0. The van der Waals surface area contributed by atoms with Crippen LogP contribution in [-0.2, 0) is 38.2 Å². The first kappa shape index (κ1) is 72.6. The Labute approximate surface area is 360 Å². The van der Waals surface area contributed by atoms with Crippen molar-refractivity contribution in [2.75, 3.05) is 72.2 Å². The molecule has 59 heavy (non-hydrogen) atoms. The molecule has 1 unspecified atom stereocenters. The Morgan fingerprint density at radius 2 is 0.780 bits per heavy atom. The van der Waals surface area contributed by atoms with E-state index < -0.39 is 18.1 Å². The summed E-state index contributed by atoms with van der Waals surface area (Å²) in [4.78, 5) is 74.9. The molecule has 0 aliphatic rings. The van der Waals surface area contributed by atoms with Gasteiger partial charge in [0.1, 0.15) is 11.7 Å². The van der Waals surface area contributed by atoms with Crippen LogP contribution in [0.4, 0.5) is 9.59 Å². The zero-order chi connectivity index (χ0) is 47.9. The van der Waals surface area contributed by atoms with Crippen LogP contribution < -0.4 is 37.2 Å². The Morgan fingerprint density at radius 1 is 0.424 bits per heavy atom. The van der Waals surface area contributed by atoms with Crippen molar-refractivity contribution in [2.24, 2.45) is 5.92 Å². The first-order valence-electron chi connectivity index (χ1n) is 21.7. The minimum Gasteiger partial charge on any atom is -0.450 e. The molecule has 0 rings (SSSR count). The van der Waals surface area contributed by atoms with E-state index >= 15 is 0 Å². The van der Waals surface area contributed by atoms with E-state index in [0.717, 1.165) is 32.8 Å². The van der Waals surface area contributed by atoms with Gasteiger partial charge in [-0.15, -0.1) is 0 Å². The number of ketones is 1.